The molecule has 1 aliphatic rings. The van der Waals surface area contributed by atoms with Crippen LogP contribution in [0.15, 0.2) is 66.7 Å². The Morgan fingerprint density at radius 2 is 1.76 bits per heavy atom. The minimum absolute atomic E-state index is 0.0145. The molecule has 0 spiro atoms. The van der Waals surface area contributed by atoms with Gasteiger partial charge < -0.3 is 9.64 Å². The van der Waals surface area contributed by atoms with Crippen molar-refractivity contribution in [3.8, 4) is 5.75 Å². The van der Waals surface area contributed by atoms with Crippen molar-refractivity contribution >= 4 is 23.2 Å². The number of halogens is 1. The molecule has 0 N–H and O–H groups in total. The third-order valence-electron chi connectivity index (χ3n) is 5.05. The topological polar surface area (TPSA) is 72.7 Å². The van der Waals surface area contributed by atoms with Gasteiger partial charge in [0.05, 0.1) is 18.1 Å². The molecule has 0 bridgehead atoms. The third-order valence-corrected chi connectivity index (χ3v) is 5.30. The van der Waals surface area contributed by atoms with Crippen LogP contribution in [0.2, 0.25) is 5.02 Å². The SMILES string of the molecule is COc1cccc2c1C(c1ccc(Cl)cc1)N(Cc1ccc([N+](=O)[O-])cc1)C2=O. The van der Waals surface area contributed by atoms with E-state index in [0.717, 1.165) is 16.7 Å². The third kappa shape index (κ3) is 3.43. The van der Waals surface area contributed by atoms with E-state index in [0.29, 0.717) is 22.9 Å². The van der Waals surface area contributed by atoms with E-state index in [-0.39, 0.29) is 17.6 Å². The van der Waals surface area contributed by atoms with Crippen LogP contribution in [0.4, 0.5) is 5.69 Å². The Kier molecular flexibility index (Phi) is 4.94. The van der Waals surface area contributed by atoms with E-state index in [4.69, 9.17) is 16.3 Å². The number of benzene rings is 3. The zero-order chi connectivity index (χ0) is 20.5. The molecule has 6 nitrogen and oxygen atoms in total. The first kappa shape index (κ1) is 19.0. The molecule has 0 fully saturated rings. The van der Waals surface area contributed by atoms with E-state index >= 15 is 0 Å². The summed E-state index contributed by atoms with van der Waals surface area (Å²) in [5.41, 5.74) is 3.12. The summed E-state index contributed by atoms with van der Waals surface area (Å²) >= 11 is 6.05. The van der Waals surface area contributed by atoms with E-state index in [1.54, 1.807) is 48.4 Å². The smallest absolute Gasteiger partial charge is 0.269 e. The standard InChI is InChI=1S/C22H17ClN2O4/c1-29-19-4-2-3-18-20(19)21(15-7-9-16(23)10-8-15)24(22(18)26)13-14-5-11-17(12-6-14)25(27)28/h2-12,21H,13H2,1H3. The average Bonchev–Trinajstić information content (AvgIpc) is 3.01. The van der Waals surface area contributed by atoms with Crippen molar-refractivity contribution in [2.75, 3.05) is 7.11 Å². The molecule has 1 amide bonds. The van der Waals surface area contributed by atoms with Gasteiger partial charge in [0.15, 0.2) is 0 Å². The Hall–Kier alpha value is -3.38. The second-order valence-electron chi connectivity index (χ2n) is 6.73. The molecule has 0 radical (unpaired) electrons. The number of hydrogen-bond donors (Lipinski definition) is 0. The van der Waals surface area contributed by atoms with Crippen molar-refractivity contribution in [3.63, 3.8) is 0 Å². The molecule has 0 saturated carbocycles. The summed E-state index contributed by atoms with van der Waals surface area (Å²) in [7, 11) is 1.58. The number of fused-ring (bicyclic) bond motifs is 1. The largest absolute Gasteiger partial charge is 0.496 e. The van der Waals surface area contributed by atoms with E-state index in [1.807, 2.05) is 18.2 Å². The monoisotopic (exact) mass is 408 g/mol. The summed E-state index contributed by atoms with van der Waals surface area (Å²) < 4.78 is 5.54. The molecule has 1 unspecified atom stereocenters. The predicted octanol–water partition coefficient (Wildman–Crippen LogP) is 5.00. The number of nitro benzene ring substituents is 1. The minimum atomic E-state index is -0.442. The van der Waals surface area contributed by atoms with Crippen LogP contribution in [0.1, 0.15) is 33.1 Å². The second-order valence-corrected chi connectivity index (χ2v) is 7.17. The molecule has 1 heterocycles. The van der Waals surface area contributed by atoms with Crippen LogP contribution in [0, 0.1) is 10.1 Å². The summed E-state index contributed by atoms with van der Waals surface area (Å²) in [5, 5.41) is 11.5. The zero-order valence-corrected chi connectivity index (χ0v) is 16.3. The lowest BCUT2D eigenvalue weighted by Crippen LogP contribution is -2.28. The second kappa shape index (κ2) is 7.56. The molecular weight excluding hydrogens is 392 g/mol. The maximum Gasteiger partial charge on any atom is 0.269 e. The van der Waals surface area contributed by atoms with Gasteiger partial charge in [0, 0.05) is 34.8 Å². The van der Waals surface area contributed by atoms with Gasteiger partial charge in [-0.25, -0.2) is 0 Å². The summed E-state index contributed by atoms with van der Waals surface area (Å²) in [4.78, 5) is 25.4. The number of nitro groups is 1. The fourth-order valence-electron chi connectivity index (χ4n) is 3.69. The maximum atomic E-state index is 13.2. The van der Waals surface area contributed by atoms with Gasteiger partial charge in [-0.3, -0.25) is 14.9 Å². The Morgan fingerprint density at radius 1 is 1.07 bits per heavy atom. The van der Waals surface area contributed by atoms with Gasteiger partial charge in [0.2, 0.25) is 0 Å². The summed E-state index contributed by atoms with van der Waals surface area (Å²) in [6.07, 6.45) is 0. The van der Waals surface area contributed by atoms with E-state index < -0.39 is 4.92 Å². The summed E-state index contributed by atoms with van der Waals surface area (Å²) in [5.74, 6) is 0.527. The number of nitrogens with zero attached hydrogens (tertiary/aromatic N) is 2. The predicted molar refractivity (Wildman–Crippen MR) is 109 cm³/mol. The molecule has 3 aromatic rings. The molecule has 7 heteroatoms. The van der Waals surface area contributed by atoms with Crippen LogP contribution in [0.3, 0.4) is 0 Å². The highest BCUT2D eigenvalue weighted by Crippen LogP contribution is 2.44. The molecule has 0 aromatic heterocycles. The highest BCUT2D eigenvalue weighted by Gasteiger charge is 2.39. The minimum Gasteiger partial charge on any atom is -0.496 e. The van der Waals surface area contributed by atoms with E-state index in [2.05, 4.69) is 0 Å². The maximum absolute atomic E-state index is 13.2. The van der Waals surface area contributed by atoms with Gasteiger partial charge >= 0.3 is 0 Å². The van der Waals surface area contributed by atoms with Crippen LogP contribution in [0.5, 0.6) is 5.75 Å². The summed E-state index contributed by atoms with van der Waals surface area (Å²) in [6, 6.07) is 18.7. The van der Waals surface area contributed by atoms with Gasteiger partial charge in [0.1, 0.15) is 5.75 Å². The molecule has 0 aliphatic carbocycles. The molecule has 1 atom stereocenters. The van der Waals surface area contributed by atoms with E-state index in [1.165, 1.54) is 12.1 Å². The molecule has 3 aromatic carbocycles. The Labute approximate surface area is 172 Å². The number of rotatable bonds is 5. The summed E-state index contributed by atoms with van der Waals surface area (Å²) in [6.45, 7) is 0.307. The molecule has 4 rings (SSSR count). The van der Waals surface area contributed by atoms with Gasteiger partial charge in [-0.2, -0.15) is 0 Å². The van der Waals surface area contributed by atoms with Gasteiger partial charge in [-0.1, -0.05) is 41.9 Å². The number of amides is 1. The van der Waals surface area contributed by atoms with Crippen molar-refractivity contribution in [3.05, 3.63) is 104 Å². The lowest BCUT2D eigenvalue weighted by atomic mass is 9.96. The first-order valence-corrected chi connectivity index (χ1v) is 9.34. The number of hydrogen-bond acceptors (Lipinski definition) is 4. The van der Waals surface area contributed by atoms with Crippen LogP contribution in [-0.2, 0) is 6.54 Å². The van der Waals surface area contributed by atoms with Crippen molar-refractivity contribution < 1.29 is 14.5 Å². The first-order chi connectivity index (χ1) is 14.0. The van der Waals surface area contributed by atoms with Crippen LogP contribution >= 0.6 is 11.6 Å². The van der Waals surface area contributed by atoms with Crippen molar-refractivity contribution in [1.29, 1.82) is 0 Å². The molecule has 29 heavy (non-hydrogen) atoms. The lowest BCUT2D eigenvalue weighted by Gasteiger charge is -2.26. The molecular formula is C22H17ClN2O4. The number of carbonyl (C=O) groups excluding carboxylic acids is 1. The fraction of sp³-hybridized carbons (Fsp3) is 0.136. The van der Waals surface area contributed by atoms with E-state index in [9.17, 15) is 14.9 Å². The Balaban J connectivity index is 1.78. The fourth-order valence-corrected chi connectivity index (χ4v) is 3.82. The van der Waals surface area contributed by atoms with Crippen LogP contribution < -0.4 is 4.74 Å². The number of methoxy groups -OCH3 is 1. The van der Waals surface area contributed by atoms with Crippen LogP contribution in [-0.4, -0.2) is 22.8 Å². The van der Waals surface area contributed by atoms with Crippen molar-refractivity contribution in [2.45, 2.75) is 12.6 Å². The van der Waals surface area contributed by atoms with Crippen LogP contribution in [0.25, 0.3) is 0 Å². The highest BCUT2D eigenvalue weighted by atomic mass is 35.5. The average molecular weight is 409 g/mol. The van der Waals surface area contributed by atoms with Crippen molar-refractivity contribution in [2.24, 2.45) is 0 Å². The number of non-ortho nitro benzene ring substituents is 1. The van der Waals surface area contributed by atoms with Crippen molar-refractivity contribution in [1.82, 2.24) is 4.90 Å². The zero-order valence-electron chi connectivity index (χ0n) is 15.5. The Bertz CT molecular complexity index is 1080. The molecule has 146 valence electrons. The Morgan fingerprint density at radius 3 is 2.38 bits per heavy atom. The molecule has 1 aliphatic heterocycles. The first-order valence-electron chi connectivity index (χ1n) is 8.96. The quantitative estimate of drug-likeness (QED) is 0.439. The van der Waals surface area contributed by atoms with Gasteiger partial charge in [-0.15, -0.1) is 0 Å². The lowest BCUT2D eigenvalue weighted by molar-refractivity contribution is -0.384. The molecule has 0 saturated heterocycles. The number of ether oxygens (including phenoxy) is 1. The van der Waals surface area contributed by atoms with Gasteiger partial charge in [0.25, 0.3) is 11.6 Å². The normalized spacial score (nSPS) is 15.3. The number of carbonyl (C=O) groups is 1. The van der Waals surface area contributed by atoms with Gasteiger partial charge in [-0.05, 0) is 35.4 Å². The highest BCUT2D eigenvalue weighted by molar-refractivity contribution is 6.30.